The Morgan fingerprint density at radius 1 is 1.19 bits per heavy atom. The number of ether oxygens (including phenoxy) is 1. The minimum atomic E-state index is 0.0398. The molecule has 1 aliphatic rings. The standard InChI is InChI=1S/C19H25N5O2/c1-14(25)16-4-3-5-17(12-16)23-19-13-18(21-15(2)22-19)20-6-7-24-8-10-26-11-9-24/h3-5,12-13H,6-11H2,1-2H3,(H2,20,21,22,23). The molecule has 1 saturated heterocycles. The molecule has 0 aliphatic carbocycles. The van der Waals surface area contributed by atoms with Crippen LogP contribution in [0.3, 0.4) is 0 Å². The predicted octanol–water partition coefficient (Wildman–Crippen LogP) is 2.48. The number of rotatable bonds is 7. The largest absolute Gasteiger partial charge is 0.379 e. The summed E-state index contributed by atoms with van der Waals surface area (Å²) in [5.74, 6) is 2.22. The van der Waals surface area contributed by atoms with Gasteiger partial charge in [0.1, 0.15) is 17.5 Å². The third-order valence-electron chi connectivity index (χ3n) is 4.22. The van der Waals surface area contributed by atoms with Crippen molar-refractivity contribution >= 4 is 23.1 Å². The Kier molecular flexibility index (Phi) is 6.14. The van der Waals surface area contributed by atoms with Crippen LogP contribution in [0.1, 0.15) is 23.1 Å². The van der Waals surface area contributed by atoms with Crippen LogP contribution in [0.4, 0.5) is 17.3 Å². The van der Waals surface area contributed by atoms with E-state index in [4.69, 9.17) is 4.74 Å². The van der Waals surface area contributed by atoms with Gasteiger partial charge < -0.3 is 15.4 Å². The van der Waals surface area contributed by atoms with Gasteiger partial charge in [-0.3, -0.25) is 9.69 Å². The fourth-order valence-electron chi connectivity index (χ4n) is 2.85. The summed E-state index contributed by atoms with van der Waals surface area (Å²) in [6.45, 7) is 8.76. The lowest BCUT2D eigenvalue weighted by molar-refractivity contribution is 0.0398. The van der Waals surface area contributed by atoms with Crippen molar-refractivity contribution in [1.29, 1.82) is 0 Å². The van der Waals surface area contributed by atoms with Gasteiger partial charge in [0.2, 0.25) is 0 Å². The molecule has 0 atom stereocenters. The number of morpholine rings is 1. The third kappa shape index (κ3) is 5.24. The van der Waals surface area contributed by atoms with Crippen LogP contribution in [0.15, 0.2) is 30.3 Å². The van der Waals surface area contributed by atoms with E-state index >= 15 is 0 Å². The van der Waals surface area contributed by atoms with Crippen molar-refractivity contribution in [3.63, 3.8) is 0 Å². The van der Waals surface area contributed by atoms with E-state index in [9.17, 15) is 4.79 Å². The van der Waals surface area contributed by atoms with E-state index in [0.717, 1.165) is 50.9 Å². The molecule has 3 rings (SSSR count). The number of Topliss-reactive ketones (excluding diaryl/α,β-unsaturated/α-hetero) is 1. The van der Waals surface area contributed by atoms with Crippen molar-refractivity contribution in [3.8, 4) is 0 Å². The zero-order chi connectivity index (χ0) is 18.4. The number of nitrogens with zero attached hydrogens (tertiary/aromatic N) is 3. The van der Waals surface area contributed by atoms with E-state index in [1.165, 1.54) is 0 Å². The second kappa shape index (κ2) is 8.73. The van der Waals surface area contributed by atoms with Crippen molar-refractivity contribution in [1.82, 2.24) is 14.9 Å². The first-order chi connectivity index (χ1) is 12.6. The molecule has 1 fully saturated rings. The lowest BCUT2D eigenvalue weighted by atomic mass is 10.1. The number of aryl methyl sites for hydroxylation is 1. The summed E-state index contributed by atoms with van der Waals surface area (Å²) < 4.78 is 5.36. The molecule has 138 valence electrons. The number of benzene rings is 1. The van der Waals surface area contributed by atoms with Gasteiger partial charge in [-0.05, 0) is 26.0 Å². The fraction of sp³-hybridized carbons (Fsp3) is 0.421. The summed E-state index contributed by atoms with van der Waals surface area (Å²) in [5, 5.41) is 6.61. The van der Waals surface area contributed by atoms with Crippen LogP contribution >= 0.6 is 0 Å². The van der Waals surface area contributed by atoms with E-state index in [0.29, 0.717) is 17.2 Å². The van der Waals surface area contributed by atoms with Gasteiger partial charge in [0.15, 0.2) is 5.78 Å². The molecule has 0 bridgehead atoms. The Morgan fingerprint density at radius 3 is 2.73 bits per heavy atom. The monoisotopic (exact) mass is 355 g/mol. The van der Waals surface area contributed by atoms with Crippen LogP contribution in [-0.2, 0) is 4.74 Å². The molecule has 0 spiro atoms. The van der Waals surface area contributed by atoms with Crippen LogP contribution < -0.4 is 10.6 Å². The molecule has 7 heteroatoms. The van der Waals surface area contributed by atoms with E-state index in [1.54, 1.807) is 13.0 Å². The quantitative estimate of drug-likeness (QED) is 0.739. The summed E-state index contributed by atoms with van der Waals surface area (Å²) in [6, 6.07) is 9.28. The van der Waals surface area contributed by atoms with Gasteiger partial charge in [-0.15, -0.1) is 0 Å². The Bertz CT molecular complexity index is 759. The Hall–Kier alpha value is -2.51. The molecular weight excluding hydrogens is 330 g/mol. The van der Waals surface area contributed by atoms with Crippen molar-refractivity contribution in [2.45, 2.75) is 13.8 Å². The van der Waals surface area contributed by atoms with Gasteiger partial charge in [0.05, 0.1) is 13.2 Å². The number of aromatic nitrogens is 2. The summed E-state index contributed by atoms with van der Waals surface area (Å²) in [4.78, 5) is 22.8. The van der Waals surface area contributed by atoms with Crippen molar-refractivity contribution in [2.75, 3.05) is 50.0 Å². The van der Waals surface area contributed by atoms with Gasteiger partial charge in [-0.2, -0.15) is 0 Å². The molecule has 1 aliphatic heterocycles. The first-order valence-corrected chi connectivity index (χ1v) is 8.88. The smallest absolute Gasteiger partial charge is 0.159 e. The molecule has 1 aromatic carbocycles. The summed E-state index contributed by atoms with van der Waals surface area (Å²) >= 11 is 0. The lowest BCUT2D eigenvalue weighted by Gasteiger charge is -2.26. The number of hydrogen-bond acceptors (Lipinski definition) is 7. The van der Waals surface area contributed by atoms with Gasteiger partial charge >= 0.3 is 0 Å². The van der Waals surface area contributed by atoms with Gasteiger partial charge in [-0.1, -0.05) is 12.1 Å². The fourth-order valence-corrected chi connectivity index (χ4v) is 2.85. The summed E-state index contributed by atoms with van der Waals surface area (Å²) in [7, 11) is 0. The van der Waals surface area contributed by atoms with Crippen LogP contribution in [0.25, 0.3) is 0 Å². The summed E-state index contributed by atoms with van der Waals surface area (Å²) in [5.41, 5.74) is 1.50. The summed E-state index contributed by atoms with van der Waals surface area (Å²) in [6.07, 6.45) is 0. The highest BCUT2D eigenvalue weighted by atomic mass is 16.5. The molecule has 0 saturated carbocycles. The second-order valence-electron chi connectivity index (χ2n) is 6.33. The highest BCUT2D eigenvalue weighted by Gasteiger charge is 2.10. The molecule has 0 amide bonds. The normalized spacial score (nSPS) is 14.8. The molecule has 7 nitrogen and oxygen atoms in total. The van der Waals surface area contributed by atoms with Gasteiger partial charge in [0, 0.05) is 43.5 Å². The van der Waals surface area contributed by atoms with E-state index in [1.807, 2.05) is 31.2 Å². The molecule has 1 aromatic heterocycles. The maximum absolute atomic E-state index is 11.5. The topological polar surface area (TPSA) is 79.4 Å². The van der Waals surface area contributed by atoms with E-state index < -0.39 is 0 Å². The second-order valence-corrected chi connectivity index (χ2v) is 6.33. The molecule has 0 radical (unpaired) electrons. The van der Waals surface area contributed by atoms with Crippen molar-refractivity contribution in [2.24, 2.45) is 0 Å². The minimum absolute atomic E-state index is 0.0398. The lowest BCUT2D eigenvalue weighted by Crippen LogP contribution is -2.39. The molecule has 2 N–H and O–H groups in total. The maximum Gasteiger partial charge on any atom is 0.159 e. The van der Waals surface area contributed by atoms with Crippen LogP contribution in [0.5, 0.6) is 0 Å². The number of carbonyl (C=O) groups is 1. The van der Waals surface area contributed by atoms with Crippen LogP contribution in [-0.4, -0.2) is 60.0 Å². The Morgan fingerprint density at radius 2 is 1.96 bits per heavy atom. The highest BCUT2D eigenvalue weighted by molar-refractivity contribution is 5.95. The highest BCUT2D eigenvalue weighted by Crippen LogP contribution is 2.19. The zero-order valence-corrected chi connectivity index (χ0v) is 15.3. The number of ketones is 1. The van der Waals surface area contributed by atoms with Crippen molar-refractivity contribution < 1.29 is 9.53 Å². The predicted molar refractivity (Wildman–Crippen MR) is 102 cm³/mol. The Labute approximate surface area is 153 Å². The van der Waals surface area contributed by atoms with E-state index in [-0.39, 0.29) is 5.78 Å². The third-order valence-corrected chi connectivity index (χ3v) is 4.22. The number of anilines is 3. The van der Waals surface area contributed by atoms with Gasteiger partial charge in [-0.25, -0.2) is 9.97 Å². The molecule has 2 aromatic rings. The average molecular weight is 355 g/mol. The SMILES string of the molecule is CC(=O)c1cccc(Nc2cc(NCCN3CCOCC3)nc(C)n2)c1. The molecule has 0 unspecified atom stereocenters. The Balaban J connectivity index is 1.61. The van der Waals surface area contributed by atoms with Gasteiger partial charge in [0.25, 0.3) is 0 Å². The molecular formula is C19H25N5O2. The minimum Gasteiger partial charge on any atom is -0.379 e. The first kappa shape index (κ1) is 18.3. The van der Waals surface area contributed by atoms with E-state index in [2.05, 4.69) is 25.5 Å². The number of carbonyl (C=O) groups excluding carboxylic acids is 1. The number of nitrogens with one attached hydrogen (secondary N) is 2. The van der Waals surface area contributed by atoms with Crippen molar-refractivity contribution in [3.05, 3.63) is 41.7 Å². The molecule has 2 heterocycles. The maximum atomic E-state index is 11.5. The van der Waals surface area contributed by atoms with Crippen LogP contribution in [0, 0.1) is 6.92 Å². The number of hydrogen-bond donors (Lipinski definition) is 2. The average Bonchev–Trinajstić information content (AvgIpc) is 2.62. The molecule has 26 heavy (non-hydrogen) atoms. The van der Waals surface area contributed by atoms with Crippen LogP contribution in [0.2, 0.25) is 0 Å². The first-order valence-electron chi connectivity index (χ1n) is 8.88. The zero-order valence-electron chi connectivity index (χ0n) is 15.3.